The van der Waals surface area contributed by atoms with E-state index in [0.29, 0.717) is 59.5 Å². The third-order valence-corrected chi connectivity index (χ3v) is 6.04. The molecule has 1 aliphatic heterocycles. The van der Waals surface area contributed by atoms with Crippen LogP contribution < -0.4 is 9.47 Å². The van der Waals surface area contributed by atoms with Crippen molar-refractivity contribution in [3.63, 3.8) is 0 Å². The Morgan fingerprint density at radius 3 is 2.35 bits per heavy atom. The van der Waals surface area contributed by atoms with Crippen molar-refractivity contribution in [1.82, 2.24) is 4.90 Å². The van der Waals surface area contributed by atoms with Crippen LogP contribution in [-0.2, 0) is 20.1 Å². The average Bonchev–Trinajstić information content (AvgIpc) is 3.04. The average molecular weight is 442 g/mol. The fourth-order valence-corrected chi connectivity index (χ4v) is 4.42. The summed E-state index contributed by atoms with van der Waals surface area (Å²) >= 11 is 1.39. The molecule has 6 nitrogen and oxygen atoms in total. The molecule has 1 heterocycles. The molecule has 0 unspecified atom stereocenters. The summed E-state index contributed by atoms with van der Waals surface area (Å²) in [5.74, 6) is 1.13. The molecule has 0 spiro atoms. The van der Waals surface area contributed by atoms with Crippen LogP contribution in [0.5, 0.6) is 11.5 Å². The molecule has 7 heteroatoms. The van der Waals surface area contributed by atoms with Gasteiger partial charge in [0.2, 0.25) is 0 Å². The first-order chi connectivity index (χ1) is 15.1. The van der Waals surface area contributed by atoms with Gasteiger partial charge in [-0.15, -0.1) is 11.8 Å². The van der Waals surface area contributed by atoms with E-state index in [1.54, 1.807) is 32.4 Å². The lowest BCUT2D eigenvalue weighted by molar-refractivity contribution is -0.136. The third-order valence-electron chi connectivity index (χ3n) is 4.90. The molecular formula is C24H27NO5S. The van der Waals surface area contributed by atoms with E-state index >= 15 is 0 Å². The summed E-state index contributed by atoms with van der Waals surface area (Å²) in [5, 5.41) is 0. The Morgan fingerprint density at radius 1 is 0.935 bits per heavy atom. The SMILES string of the molecule is CCOCCCN1C(=O)C(SCc2ccccc2)=C(c2ccc(OC)c(OC)c2)C1=O. The molecule has 0 N–H and O–H groups in total. The van der Waals surface area contributed by atoms with Gasteiger partial charge in [0.25, 0.3) is 11.8 Å². The number of carbonyl (C=O) groups is 2. The number of benzene rings is 2. The molecule has 0 aromatic heterocycles. The normalized spacial score (nSPS) is 13.8. The summed E-state index contributed by atoms with van der Waals surface area (Å²) in [5.41, 5.74) is 2.13. The zero-order chi connectivity index (χ0) is 22.2. The van der Waals surface area contributed by atoms with Crippen LogP contribution in [0.1, 0.15) is 24.5 Å². The zero-order valence-electron chi connectivity index (χ0n) is 18.1. The minimum absolute atomic E-state index is 0.257. The fraction of sp³-hybridized carbons (Fsp3) is 0.333. The highest BCUT2D eigenvalue weighted by Gasteiger charge is 2.39. The monoisotopic (exact) mass is 441 g/mol. The molecule has 2 aromatic carbocycles. The van der Waals surface area contributed by atoms with Crippen molar-refractivity contribution in [3.8, 4) is 11.5 Å². The van der Waals surface area contributed by atoms with Crippen molar-refractivity contribution in [1.29, 1.82) is 0 Å². The number of amides is 2. The number of hydrogen-bond donors (Lipinski definition) is 0. The van der Waals surface area contributed by atoms with Crippen molar-refractivity contribution in [2.45, 2.75) is 19.1 Å². The largest absolute Gasteiger partial charge is 0.493 e. The molecule has 2 amide bonds. The van der Waals surface area contributed by atoms with Crippen LogP contribution in [0.4, 0.5) is 0 Å². The number of rotatable bonds is 11. The summed E-state index contributed by atoms with van der Waals surface area (Å²) < 4.78 is 16.1. The van der Waals surface area contributed by atoms with E-state index in [4.69, 9.17) is 14.2 Å². The highest BCUT2D eigenvalue weighted by molar-refractivity contribution is 8.03. The lowest BCUT2D eigenvalue weighted by Crippen LogP contribution is -2.33. The van der Waals surface area contributed by atoms with Crippen molar-refractivity contribution in [2.24, 2.45) is 0 Å². The van der Waals surface area contributed by atoms with Crippen molar-refractivity contribution in [2.75, 3.05) is 34.0 Å². The van der Waals surface area contributed by atoms with E-state index in [0.717, 1.165) is 5.56 Å². The number of ether oxygens (including phenoxy) is 3. The second-order valence-corrected chi connectivity index (χ2v) is 7.85. The molecule has 0 fully saturated rings. The molecule has 0 saturated carbocycles. The van der Waals surface area contributed by atoms with Gasteiger partial charge in [-0.2, -0.15) is 0 Å². The smallest absolute Gasteiger partial charge is 0.267 e. The number of hydrogen-bond acceptors (Lipinski definition) is 6. The molecule has 0 atom stereocenters. The highest BCUT2D eigenvalue weighted by atomic mass is 32.2. The van der Waals surface area contributed by atoms with Gasteiger partial charge in [0.1, 0.15) is 0 Å². The van der Waals surface area contributed by atoms with Crippen LogP contribution in [0.2, 0.25) is 0 Å². The van der Waals surface area contributed by atoms with E-state index in [9.17, 15) is 9.59 Å². The van der Waals surface area contributed by atoms with E-state index in [-0.39, 0.29) is 11.8 Å². The predicted octanol–water partition coefficient (Wildman–Crippen LogP) is 4.14. The highest BCUT2D eigenvalue weighted by Crippen LogP contribution is 2.40. The maximum absolute atomic E-state index is 13.3. The topological polar surface area (TPSA) is 65.1 Å². The summed E-state index contributed by atoms with van der Waals surface area (Å²) in [6, 6.07) is 15.2. The molecule has 1 aliphatic rings. The number of imide groups is 1. The van der Waals surface area contributed by atoms with Gasteiger partial charge in [0.15, 0.2) is 11.5 Å². The molecule has 0 saturated heterocycles. The molecule has 2 aromatic rings. The minimum Gasteiger partial charge on any atom is -0.493 e. The Morgan fingerprint density at radius 2 is 1.68 bits per heavy atom. The lowest BCUT2D eigenvalue weighted by atomic mass is 10.1. The maximum atomic E-state index is 13.3. The maximum Gasteiger partial charge on any atom is 0.267 e. The van der Waals surface area contributed by atoms with Gasteiger partial charge < -0.3 is 14.2 Å². The van der Waals surface area contributed by atoms with Gasteiger partial charge in [-0.1, -0.05) is 36.4 Å². The van der Waals surface area contributed by atoms with E-state index < -0.39 is 0 Å². The van der Waals surface area contributed by atoms with E-state index in [1.165, 1.54) is 16.7 Å². The second-order valence-electron chi connectivity index (χ2n) is 6.86. The number of methoxy groups -OCH3 is 2. The lowest BCUT2D eigenvalue weighted by Gasteiger charge is -2.15. The standard InChI is InChI=1S/C24H27NO5S/c1-4-30-14-8-13-25-23(26)21(18-11-12-19(28-2)20(15-18)29-3)22(24(25)27)31-16-17-9-6-5-7-10-17/h5-7,9-12,15H,4,8,13-14,16H2,1-3H3. The predicted molar refractivity (Wildman–Crippen MR) is 122 cm³/mol. The molecule has 31 heavy (non-hydrogen) atoms. The fourth-order valence-electron chi connectivity index (χ4n) is 3.34. The minimum atomic E-state index is -0.288. The van der Waals surface area contributed by atoms with Crippen LogP contribution >= 0.6 is 11.8 Å². The molecule has 0 aliphatic carbocycles. The summed E-state index contributed by atoms with van der Waals surface area (Å²) in [4.78, 5) is 28.2. The van der Waals surface area contributed by atoms with Crippen LogP contribution in [0.15, 0.2) is 53.4 Å². The van der Waals surface area contributed by atoms with E-state index in [2.05, 4.69) is 0 Å². The third kappa shape index (κ3) is 5.29. The van der Waals surface area contributed by atoms with Crippen molar-refractivity contribution < 1.29 is 23.8 Å². The first kappa shape index (κ1) is 22.9. The Balaban J connectivity index is 1.92. The molecule has 3 rings (SSSR count). The van der Waals surface area contributed by atoms with E-state index in [1.807, 2.05) is 37.3 Å². The van der Waals surface area contributed by atoms with Crippen molar-refractivity contribution in [3.05, 3.63) is 64.6 Å². The summed E-state index contributed by atoms with van der Waals surface area (Å²) in [6.07, 6.45) is 0.598. The van der Waals surface area contributed by atoms with Gasteiger partial charge >= 0.3 is 0 Å². The van der Waals surface area contributed by atoms with Crippen LogP contribution in [0.3, 0.4) is 0 Å². The molecule has 0 bridgehead atoms. The molecule has 0 radical (unpaired) electrons. The van der Waals surface area contributed by atoms with Crippen molar-refractivity contribution >= 4 is 29.1 Å². The Bertz CT molecular complexity index is 958. The first-order valence-corrected chi connectivity index (χ1v) is 11.2. The summed E-state index contributed by atoms with van der Waals surface area (Å²) in [7, 11) is 3.10. The number of carbonyl (C=O) groups excluding carboxylic acids is 2. The van der Waals surface area contributed by atoms with Crippen LogP contribution in [-0.4, -0.2) is 50.7 Å². The number of thioether (sulfide) groups is 1. The Labute approximate surface area is 187 Å². The zero-order valence-corrected chi connectivity index (χ0v) is 18.9. The Kier molecular flexibility index (Phi) is 8.14. The van der Waals surface area contributed by atoms with Gasteiger partial charge in [0, 0.05) is 25.5 Å². The first-order valence-electron chi connectivity index (χ1n) is 10.2. The van der Waals surface area contributed by atoms with Gasteiger partial charge in [-0.25, -0.2) is 0 Å². The van der Waals surface area contributed by atoms with Crippen LogP contribution in [0, 0.1) is 0 Å². The summed E-state index contributed by atoms with van der Waals surface area (Å²) in [6.45, 7) is 3.35. The second kappa shape index (κ2) is 11.0. The molecule has 164 valence electrons. The van der Waals surface area contributed by atoms with Gasteiger partial charge in [-0.05, 0) is 36.6 Å². The quantitative estimate of drug-likeness (QED) is 0.386. The van der Waals surface area contributed by atoms with Crippen LogP contribution in [0.25, 0.3) is 5.57 Å². The van der Waals surface area contributed by atoms with Gasteiger partial charge in [0.05, 0.1) is 24.7 Å². The molecular weight excluding hydrogens is 414 g/mol. The number of nitrogens with zero attached hydrogens (tertiary/aromatic N) is 1. The Hall–Kier alpha value is -2.77. The van der Waals surface area contributed by atoms with Gasteiger partial charge in [-0.3, -0.25) is 14.5 Å².